The van der Waals surface area contributed by atoms with Crippen LogP contribution in [0.4, 0.5) is 0 Å². The van der Waals surface area contributed by atoms with Gasteiger partial charge in [0.05, 0.1) is 0 Å². The van der Waals surface area contributed by atoms with E-state index in [0.29, 0.717) is 5.54 Å². The molecule has 1 aliphatic carbocycles. The highest BCUT2D eigenvalue weighted by Crippen LogP contribution is 2.37. The molecule has 0 bridgehead atoms. The quantitative estimate of drug-likeness (QED) is 0.562. The summed E-state index contributed by atoms with van der Waals surface area (Å²) in [6.45, 7) is 7.50. The van der Waals surface area contributed by atoms with Crippen LogP contribution in [0.3, 0.4) is 0 Å². The minimum absolute atomic E-state index is 0.519. The molecular formula is C10H19N. The largest absolute Gasteiger partial charge is 0.296 e. The van der Waals surface area contributed by atoms with Gasteiger partial charge in [0.25, 0.3) is 0 Å². The predicted molar refractivity (Wildman–Crippen MR) is 47.6 cm³/mol. The molecule has 0 unspecified atom stereocenters. The van der Waals surface area contributed by atoms with Gasteiger partial charge in [-0.05, 0) is 26.2 Å². The highest BCUT2D eigenvalue weighted by molar-refractivity contribution is 4.92. The molecule has 1 nitrogen and oxygen atoms in total. The van der Waals surface area contributed by atoms with Gasteiger partial charge in [-0.15, -0.1) is 0 Å². The fraction of sp³-hybridized carbons (Fsp3) is 1.00. The lowest BCUT2D eigenvalue weighted by atomic mass is 9.77. The summed E-state index contributed by atoms with van der Waals surface area (Å²) in [5.74, 6) is 1.06. The van der Waals surface area contributed by atoms with Gasteiger partial charge in [0.15, 0.2) is 0 Å². The van der Waals surface area contributed by atoms with E-state index in [4.69, 9.17) is 0 Å². The maximum atomic E-state index is 2.59. The van der Waals surface area contributed by atoms with Crippen LogP contribution in [0, 0.1) is 5.92 Å². The van der Waals surface area contributed by atoms with Crippen molar-refractivity contribution in [1.29, 1.82) is 0 Å². The SMILES string of the molecule is CC(C)(CC1CCC1)N1CC1. The van der Waals surface area contributed by atoms with Gasteiger partial charge >= 0.3 is 0 Å². The monoisotopic (exact) mass is 153 g/mol. The Balaban J connectivity index is 1.81. The fourth-order valence-electron chi connectivity index (χ4n) is 2.19. The van der Waals surface area contributed by atoms with E-state index < -0.39 is 0 Å². The maximum absolute atomic E-state index is 2.59. The van der Waals surface area contributed by atoms with Crippen LogP contribution in [0.5, 0.6) is 0 Å². The summed E-state index contributed by atoms with van der Waals surface area (Å²) < 4.78 is 0. The van der Waals surface area contributed by atoms with Crippen LogP contribution >= 0.6 is 0 Å². The summed E-state index contributed by atoms with van der Waals surface area (Å²) in [7, 11) is 0. The average molecular weight is 153 g/mol. The van der Waals surface area contributed by atoms with Crippen LogP contribution < -0.4 is 0 Å². The van der Waals surface area contributed by atoms with Gasteiger partial charge in [0.1, 0.15) is 0 Å². The molecule has 0 amide bonds. The lowest BCUT2D eigenvalue weighted by molar-refractivity contribution is 0.170. The molecular weight excluding hydrogens is 134 g/mol. The van der Waals surface area contributed by atoms with Gasteiger partial charge in [-0.3, -0.25) is 4.90 Å². The Labute approximate surface area is 69.8 Å². The second kappa shape index (κ2) is 2.48. The van der Waals surface area contributed by atoms with Gasteiger partial charge in [-0.25, -0.2) is 0 Å². The normalized spacial score (nSPS) is 26.7. The third-order valence-electron chi connectivity index (χ3n) is 3.32. The molecule has 64 valence electrons. The molecule has 1 saturated heterocycles. The van der Waals surface area contributed by atoms with Crippen LogP contribution in [0.15, 0.2) is 0 Å². The third-order valence-corrected chi connectivity index (χ3v) is 3.32. The van der Waals surface area contributed by atoms with Crippen molar-refractivity contribution in [1.82, 2.24) is 4.90 Å². The molecule has 1 saturated carbocycles. The van der Waals surface area contributed by atoms with E-state index in [1.54, 1.807) is 0 Å². The molecule has 2 fully saturated rings. The Morgan fingerprint density at radius 1 is 1.27 bits per heavy atom. The predicted octanol–water partition coefficient (Wildman–Crippen LogP) is 2.27. The second-order valence-electron chi connectivity index (χ2n) is 4.80. The van der Waals surface area contributed by atoms with Gasteiger partial charge in [-0.1, -0.05) is 19.3 Å². The van der Waals surface area contributed by atoms with Crippen LogP contribution in [-0.2, 0) is 0 Å². The van der Waals surface area contributed by atoms with Crippen LogP contribution in [0.2, 0.25) is 0 Å². The summed E-state index contributed by atoms with van der Waals surface area (Å²) in [6, 6.07) is 0. The van der Waals surface area contributed by atoms with Crippen molar-refractivity contribution in [3.63, 3.8) is 0 Å². The molecule has 0 aromatic rings. The molecule has 1 heterocycles. The van der Waals surface area contributed by atoms with Crippen molar-refractivity contribution < 1.29 is 0 Å². The Morgan fingerprint density at radius 2 is 1.91 bits per heavy atom. The van der Waals surface area contributed by atoms with E-state index in [2.05, 4.69) is 18.7 Å². The Kier molecular flexibility index (Phi) is 1.71. The molecule has 0 aromatic carbocycles. The van der Waals surface area contributed by atoms with Crippen molar-refractivity contribution in [2.75, 3.05) is 13.1 Å². The van der Waals surface area contributed by atoms with Gasteiger partial charge in [0.2, 0.25) is 0 Å². The first-order chi connectivity index (χ1) is 5.18. The number of hydrogen-bond donors (Lipinski definition) is 0. The minimum atomic E-state index is 0.519. The van der Waals surface area contributed by atoms with Crippen molar-refractivity contribution >= 4 is 0 Å². The van der Waals surface area contributed by atoms with E-state index >= 15 is 0 Å². The zero-order valence-electron chi connectivity index (χ0n) is 7.77. The van der Waals surface area contributed by atoms with Crippen molar-refractivity contribution in [2.24, 2.45) is 5.92 Å². The van der Waals surface area contributed by atoms with E-state index in [1.807, 2.05) is 0 Å². The zero-order chi connectivity index (χ0) is 7.90. The highest BCUT2D eigenvalue weighted by atomic mass is 15.3. The summed E-state index contributed by atoms with van der Waals surface area (Å²) in [5.41, 5.74) is 0.519. The molecule has 1 heteroatoms. The molecule has 2 rings (SSSR count). The summed E-state index contributed by atoms with van der Waals surface area (Å²) in [5, 5.41) is 0. The van der Waals surface area contributed by atoms with Gasteiger partial charge in [-0.2, -0.15) is 0 Å². The molecule has 0 radical (unpaired) electrons. The standard InChI is InChI=1S/C10H19N/c1-10(2,11-6-7-11)8-9-4-3-5-9/h9H,3-8H2,1-2H3. The molecule has 11 heavy (non-hydrogen) atoms. The lowest BCUT2D eigenvalue weighted by Gasteiger charge is -2.35. The van der Waals surface area contributed by atoms with Gasteiger partial charge in [0, 0.05) is 18.6 Å². The molecule has 2 aliphatic rings. The Bertz CT molecular complexity index is 143. The maximum Gasteiger partial charge on any atom is 0.0156 e. The fourth-order valence-corrected chi connectivity index (χ4v) is 2.19. The number of rotatable bonds is 3. The third kappa shape index (κ3) is 1.58. The van der Waals surface area contributed by atoms with Crippen molar-refractivity contribution in [3.05, 3.63) is 0 Å². The van der Waals surface area contributed by atoms with E-state index in [0.717, 1.165) is 5.92 Å². The zero-order valence-corrected chi connectivity index (χ0v) is 7.77. The van der Waals surface area contributed by atoms with E-state index in [1.165, 1.54) is 38.8 Å². The first kappa shape index (κ1) is 7.60. The lowest BCUT2D eigenvalue weighted by Crippen LogP contribution is -2.34. The molecule has 0 atom stereocenters. The summed E-state index contributed by atoms with van der Waals surface area (Å²) >= 11 is 0. The minimum Gasteiger partial charge on any atom is -0.296 e. The Morgan fingerprint density at radius 3 is 2.27 bits per heavy atom. The molecule has 0 N–H and O–H groups in total. The molecule has 0 aromatic heterocycles. The van der Waals surface area contributed by atoms with Crippen LogP contribution in [0.25, 0.3) is 0 Å². The Hall–Kier alpha value is -0.0400. The first-order valence-electron chi connectivity index (χ1n) is 4.93. The molecule has 1 aliphatic heterocycles. The second-order valence-corrected chi connectivity index (χ2v) is 4.80. The summed E-state index contributed by atoms with van der Waals surface area (Å²) in [6.07, 6.45) is 5.92. The summed E-state index contributed by atoms with van der Waals surface area (Å²) in [4.78, 5) is 2.59. The van der Waals surface area contributed by atoms with Crippen LogP contribution in [-0.4, -0.2) is 23.5 Å². The first-order valence-corrected chi connectivity index (χ1v) is 4.93. The topological polar surface area (TPSA) is 3.01 Å². The number of nitrogens with zero attached hydrogens (tertiary/aromatic N) is 1. The van der Waals surface area contributed by atoms with Crippen molar-refractivity contribution in [3.8, 4) is 0 Å². The smallest absolute Gasteiger partial charge is 0.0156 e. The average Bonchev–Trinajstić information content (AvgIpc) is 2.58. The van der Waals surface area contributed by atoms with E-state index in [9.17, 15) is 0 Å². The van der Waals surface area contributed by atoms with Gasteiger partial charge < -0.3 is 0 Å². The van der Waals surface area contributed by atoms with E-state index in [-0.39, 0.29) is 0 Å². The number of hydrogen-bond acceptors (Lipinski definition) is 1. The highest BCUT2D eigenvalue weighted by Gasteiger charge is 2.37. The van der Waals surface area contributed by atoms with Crippen molar-refractivity contribution in [2.45, 2.75) is 45.1 Å². The van der Waals surface area contributed by atoms with Crippen LogP contribution in [0.1, 0.15) is 39.5 Å². The molecule has 0 spiro atoms.